The fourth-order valence-electron chi connectivity index (χ4n) is 4.84. The zero-order valence-electron chi connectivity index (χ0n) is 21.6. The number of benzene rings is 3. The van der Waals surface area contributed by atoms with E-state index in [-0.39, 0.29) is 29.2 Å². The van der Waals surface area contributed by atoms with Crippen molar-refractivity contribution >= 4 is 0 Å². The molecule has 0 spiro atoms. The Morgan fingerprint density at radius 2 is 1.62 bits per heavy atom. The van der Waals surface area contributed by atoms with Crippen molar-refractivity contribution in [1.82, 2.24) is 0 Å². The van der Waals surface area contributed by atoms with Gasteiger partial charge in [0, 0.05) is 11.5 Å². The van der Waals surface area contributed by atoms with Gasteiger partial charge in [0.05, 0.1) is 19.3 Å². The predicted molar refractivity (Wildman–Crippen MR) is 143 cm³/mol. The molecule has 0 aromatic heterocycles. The number of hydrogen-bond acceptors (Lipinski definition) is 2. The fraction of sp³-hybridized carbons (Fsp3) is 0.375. The van der Waals surface area contributed by atoms with E-state index in [4.69, 9.17) is 9.47 Å². The van der Waals surface area contributed by atoms with E-state index in [0.29, 0.717) is 24.3 Å². The Bertz CT molecular complexity index is 1200. The lowest BCUT2D eigenvalue weighted by Gasteiger charge is -2.28. The number of unbranched alkanes of at least 4 members (excludes halogenated alkanes) is 3. The molecule has 1 heterocycles. The predicted octanol–water partition coefficient (Wildman–Crippen LogP) is 9.24. The number of halogens is 3. The van der Waals surface area contributed by atoms with Crippen molar-refractivity contribution in [2.24, 2.45) is 0 Å². The minimum absolute atomic E-state index is 0.0408. The van der Waals surface area contributed by atoms with Crippen LogP contribution in [0.5, 0.6) is 5.75 Å². The Morgan fingerprint density at radius 1 is 0.865 bits per heavy atom. The molecule has 1 aliphatic heterocycles. The summed E-state index contributed by atoms with van der Waals surface area (Å²) in [7, 11) is 0. The van der Waals surface area contributed by atoms with Gasteiger partial charge in [0.25, 0.3) is 0 Å². The van der Waals surface area contributed by atoms with E-state index in [1.807, 2.05) is 31.2 Å². The zero-order chi connectivity index (χ0) is 26.2. The van der Waals surface area contributed by atoms with Crippen LogP contribution in [0.15, 0.2) is 66.7 Å². The summed E-state index contributed by atoms with van der Waals surface area (Å²) < 4.78 is 55.8. The standard InChI is InChI=1S/C32H35F3O2/c1-3-5-6-7-19-36-30-18-17-28(31(34)32(30)35)23-11-9-22(10-12-23)24-14-16-27(29(33)20-24)25-13-15-26(8-4-2)37-21-25/h4,8-12,14,16-18,20,25-26H,3,5-7,13,15,19,21H2,1-2H3/b8-4+. The van der Waals surface area contributed by atoms with Gasteiger partial charge in [-0.1, -0.05) is 74.7 Å². The third-order valence-electron chi connectivity index (χ3n) is 6.99. The summed E-state index contributed by atoms with van der Waals surface area (Å²) in [5.41, 5.74) is 2.91. The average molecular weight is 509 g/mol. The van der Waals surface area contributed by atoms with Gasteiger partial charge in [0.2, 0.25) is 5.82 Å². The molecule has 196 valence electrons. The SMILES string of the molecule is C/C=C/C1CCC(c2ccc(-c3ccc(-c4ccc(OCCCCCC)c(F)c4F)cc3)cc2F)CO1. The van der Waals surface area contributed by atoms with Crippen molar-refractivity contribution in [2.45, 2.75) is 64.4 Å². The Balaban J connectivity index is 1.44. The quantitative estimate of drug-likeness (QED) is 0.201. The second-order valence-corrected chi connectivity index (χ2v) is 9.63. The molecule has 2 atom stereocenters. The lowest BCUT2D eigenvalue weighted by Crippen LogP contribution is -2.23. The van der Waals surface area contributed by atoms with Crippen LogP contribution < -0.4 is 4.74 Å². The summed E-state index contributed by atoms with van der Waals surface area (Å²) in [5, 5.41) is 0. The highest BCUT2D eigenvalue weighted by molar-refractivity contribution is 5.71. The van der Waals surface area contributed by atoms with Crippen LogP contribution in [-0.2, 0) is 4.74 Å². The molecular formula is C32H35F3O2. The van der Waals surface area contributed by atoms with Gasteiger partial charge in [-0.05, 0) is 66.6 Å². The van der Waals surface area contributed by atoms with Crippen LogP contribution in [0.3, 0.4) is 0 Å². The number of ether oxygens (including phenoxy) is 2. The molecule has 1 saturated heterocycles. The fourth-order valence-corrected chi connectivity index (χ4v) is 4.84. The van der Waals surface area contributed by atoms with Crippen molar-refractivity contribution in [3.8, 4) is 28.0 Å². The summed E-state index contributed by atoms with van der Waals surface area (Å²) >= 11 is 0. The maximum Gasteiger partial charge on any atom is 0.201 e. The maximum absolute atomic E-state index is 15.0. The molecule has 2 unspecified atom stereocenters. The third-order valence-corrected chi connectivity index (χ3v) is 6.99. The van der Waals surface area contributed by atoms with Gasteiger partial charge in [-0.3, -0.25) is 0 Å². The van der Waals surface area contributed by atoms with Crippen LogP contribution >= 0.6 is 0 Å². The van der Waals surface area contributed by atoms with Crippen molar-refractivity contribution in [3.63, 3.8) is 0 Å². The highest BCUT2D eigenvalue weighted by Gasteiger charge is 2.24. The molecular weight excluding hydrogens is 473 g/mol. The van der Waals surface area contributed by atoms with E-state index in [2.05, 4.69) is 6.92 Å². The molecule has 0 N–H and O–H groups in total. The van der Waals surface area contributed by atoms with Crippen LogP contribution in [0.2, 0.25) is 0 Å². The average Bonchev–Trinajstić information content (AvgIpc) is 2.92. The smallest absolute Gasteiger partial charge is 0.201 e. The lowest BCUT2D eigenvalue weighted by molar-refractivity contribution is 0.0319. The molecule has 3 aromatic carbocycles. The number of allylic oxidation sites excluding steroid dienone is 1. The molecule has 37 heavy (non-hydrogen) atoms. The molecule has 0 aliphatic carbocycles. The highest BCUT2D eigenvalue weighted by Crippen LogP contribution is 2.34. The third kappa shape index (κ3) is 6.64. The van der Waals surface area contributed by atoms with Gasteiger partial charge < -0.3 is 9.47 Å². The van der Waals surface area contributed by atoms with Gasteiger partial charge >= 0.3 is 0 Å². The molecule has 3 aromatic rings. The van der Waals surface area contributed by atoms with E-state index in [1.54, 1.807) is 24.3 Å². The molecule has 0 saturated carbocycles. The molecule has 0 bridgehead atoms. The summed E-state index contributed by atoms with van der Waals surface area (Å²) in [4.78, 5) is 0. The zero-order valence-corrected chi connectivity index (χ0v) is 21.6. The van der Waals surface area contributed by atoms with Gasteiger partial charge in [-0.15, -0.1) is 0 Å². The van der Waals surface area contributed by atoms with Crippen molar-refractivity contribution in [2.75, 3.05) is 13.2 Å². The molecule has 0 radical (unpaired) electrons. The van der Waals surface area contributed by atoms with Crippen LogP contribution in [0.4, 0.5) is 13.2 Å². The largest absolute Gasteiger partial charge is 0.490 e. The second kappa shape index (κ2) is 13.0. The monoisotopic (exact) mass is 508 g/mol. The van der Waals surface area contributed by atoms with Gasteiger partial charge in [-0.25, -0.2) is 8.78 Å². The molecule has 5 heteroatoms. The second-order valence-electron chi connectivity index (χ2n) is 9.63. The summed E-state index contributed by atoms with van der Waals surface area (Å²) in [6.45, 7) is 4.95. The summed E-state index contributed by atoms with van der Waals surface area (Å²) in [6.07, 6.45) is 9.90. The first-order valence-electron chi connectivity index (χ1n) is 13.3. The van der Waals surface area contributed by atoms with E-state index < -0.39 is 11.6 Å². The van der Waals surface area contributed by atoms with E-state index in [1.165, 1.54) is 18.2 Å². The topological polar surface area (TPSA) is 18.5 Å². The normalized spacial score (nSPS) is 17.9. The van der Waals surface area contributed by atoms with Crippen LogP contribution in [0.1, 0.15) is 63.9 Å². The van der Waals surface area contributed by atoms with Crippen LogP contribution in [-0.4, -0.2) is 19.3 Å². The Labute approximate surface area is 218 Å². The molecule has 4 rings (SSSR count). The molecule has 1 aliphatic rings. The maximum atomic E-state index is 15.0. The van der Waals surface area contributed by atoms with Gasteiger partial charge in [0.15, 0.2) is 11.6 Å². The van der Waals surface area contributed by atoms with Gasteiger partial charge in [0.1, 0.15) is 5.82 Å². The van der Waals surface area contributed by atoms with E-state index >= 15 is 4.39 Å². The van der Waals surface area contributed by atoms with Crippen molar-refractivity contribution in [1.29, 1.82) is 0 Å². The molecule has 0 amide bonds. The number of hydrogen-bond donors (Lipinski definition) is 0. The Morgan fingerprint density at radius 3 is 2.30 bits per heavy atom. The summed E-state index contributed by atoms with van der Waals surface area (Å²) in [6, 6.07) is 15.3. The molecule has 2 nitrogen and oxygen atoms in total. The van der Waals surface area contributed by atoms with Crippen molar-refractivity contribution in [3.05, 3.63) is 89.8 Å². The minimum Gasteiger partial charge on any atom is -0.490 e. The highest BCUT2D eigenvalue weighted by atomic mass is 19.2. The van der Waals surface area contributed by atoms with E-state index in [9.17, 15) is 8.78 Å². The van der Waals surface area contributed by atoms with E-state index in [0.717, 1.165) is 49.7 Å². The Kier molecular flexibility index (Phi) is 9.45. The summed E-state index contributed by atoms with van der Waals surface area (Å²) in [5.74, 6) is -2.18. The first kappa shape index (κ1) is 27.0. The first-order chi connectivity index (χ1) is 18.0. The minimum atomic E-state index is -0.974. The van der Waals surface area contributed by atoms with Gasteiger partial charge in [-0.2, -0.15) is 4.39 Å². The first-order valence-corrected chi connectivity index (χ1v) is 13.3. The lowest BCUT2D eigenvalue weighted by atomic mass is 9.89. The van der Waals surface area contributed by atoms with Crippen molar-refractivity contribution < 1.29 is 22.6 Å². The number of rotatable bonds is 10. The van der Waals surface area contributed by atoms with Crippen LogP contribution in [0.25, 0.3) is 22.3 Å². The Hall–Kier alpha value is -3.05. The van der Waals surface area contributed by atoms with Crippen LogP contribution in [0, 0.1) is 17.5 Å². The molecule has 1 fully saturated rings.